The van der Waals surface area contributed by atoms with Crippen LogP contribution >= 0.6 is 11.3 Å². The molecule has 1 atom stereocenters. The Morgan fingerprint density at radius 2 is 2.22 bits per heavy atom. The van der Waals surface area contributed by atoms with Gasteiger partial charge in [-0.3, -0.25) is 9.59 Å². The van der Waals surface area contributed by atoms with E-state index in [1.165, 1.54) is 0 Å². The summed E-state index contributed by atoms with van der Waals surface area (Å²) in [5.74, 6) is -0.788. The molecule has 1 N–H and O–H groups in total. The van der Waals surface area contributed by atoms with Crippen LogP contribution in [0.1, 0.15) is 38.3 Å². The normalized spacial score (nSPS) is 18.8. The number of carbonyl (C=O) groups is 2. The lowest BCUT2D eigenvalue weighted by Gasteiger charge is -2.31. The smallest absolute Gasteiger partial charge is 0.342 e. The van der Waals surface area contributed by atoms with Crippen molar-refractivity contribution >= 4 is 28.3 Å². The van der Waals surface area contributed by atoms with Crippen LogP contribution in [-0.4, -0.2) is 34.8 Å². The molecule has 1 aromatic heterocycles. The molecule has 128 valence electrons. The predicted octanol–water partition coefficient (Wildman–Crippen LogP) is 3.14. The van der Waals surface area contributed by atoms with Crippen LogP contribution < -0.4 is 5.32 Å². The molecule has 2 rings (SSSR count). The second-order valence-electron chi connectivity index (χ2n) is 5.45. The molecule has 0 aromatic carbocycles. The fourth-order valence-electron chi connectivity index (χ4n) is 2.46. The van der Waals surface area contributed by atoms with Gasteiger partial charge in [0.2, 0.25) is 11.8 Å². The first-order valence-corrected chi connectivity index (χ1v) is 8.30. The number of aromatic nitrogens is 1. The van der Waals surface area contributed by atoms with Crippen LogP contribution in [0.4, 0.5) is 18.3 Å². The zero-order chi connectivity index (χ0) is 17.0. The Kier molecular flexibility index (Phi) is 5.61. The fourth-order valence-corrected chi connectivity index (χ4v) is 3.18. The Bertz CT molecular complexity index is 574. The maximum absolute atomic E-state index is 12.5. The van der Waals surface area contributed by atoms with E-state index in [1.807, 2.05) is 6.92 Å². The number of nitrogens with one attached hydrogen (secondary N) is 1. The number of thiazole rings is 1. The van der Waals surface area contributed by atoms with Crippen molar-refractivity contribution in [2.24, 2.45) is 5.92 Å². The number of halogens is 3. The topological polar surface area (TPSA) is 62.3 Å². The Hall–Kier alpha value is -1.64. The third-order valence-corrected chi connectivity index (χ3v) is 4.39. The molecule has 0 aliphatic carbocycles. The molecule has 0 bridgehead atoms. The Morgan fingerprint density at radius 1 is 1.48 bits per heavy atom. The summed E-state index contributed by atoms with van der Waals surface area (Å²) < 4.78 is 37.5. The van der Waals surface area contributed by atoms with Gasteiger partial charge >= 0.3 is 6.18 Å². The molecule has 0 radical (unpaired) electrons. The van der Waals surface area contributed by atoms with Crippen LogP contribution in [0, 0.1) is 5.92 Å². The van der Waals surface area contributed by atoms with Crippen molar-refractivity contribution in [1.82, 2.24) is 9.88 Å². The Balaban J connectivity index is 1.95. The van der Waals surface area contributed by atoms with E-state index in [9.17, 15) is 22.8 Å². The van der Waals surface area contributed by atoms with Crippen LogP contribution in [0.5, 0.6) is 0 Å². The third-order valence-electron chi connectivity index (χ3n) is 3.63. The minimum atomic E-state index is -4.52. The van der Waals surface area contributed by atoms with Crippen molar-refractivity contribution in [2.75, 3.05) is 18.4 Å². The number of alkyl halides is 3. The number of piperidine rings is 1. The average molecular weight is 349 g/mol. The van der Waals surface area contributed by atoms with Crippen molar-refractivity contribution in [1.29, 1.82) is 0 Å². The quantitative estimate of drug-likeness (QED) is 0.908. The highest BCUT2D eigenvalue weighted by molar-refractivity contribution is 7.13. The van der Waals surface area contributed by atoms with Gasteiger partial charge in [-0.05, 0) is 19.3 Å². The van der Waals surface area contributed by atoms with Crippen molar-refractivity contribution in [3.8, 4) is 0 Å². The highest BCUT2D eigenvalue weighted by Crippen LogP contribution is 2.32. The second-order valence-corrected chi connectivity index (χ2v) is 6.31. The molecule has 0 unspecified atom stereocenters. The van der Waals surface area contributed by atoms with E-state index >= 15 is 0 Å². The number of rotatable bonds is 4. The zero-order valence-electron chi connectivity index (χ0n) is 12.7. The third kappa shape index (κ3) is 4.66. The molecular weight excluding hydrogens is 331 g/mol. The number of likely N-dealkylation sites (tertiary alicyclic amines) is 1. The van der Waals surface area contributed by atoms with Crippen LogP contribution in [0.3, 0.4) is 0 Å². The molecule has 0 spiro atoms. The number of anilines is 1. The van der Waals surface area contributed by atoms with Gasteiger partial charge in [0.1, 0.15) is 0 Å². The van der Waals surface area contributed by atoms with Crippen LogP contribution in [0.15, 0.2) is 5.38 Å². The van der Waals surface area contributed by atoms with E-state index in [-0.39, 0.29) is 16.9 Å². The van der Waals surface area contributed by atoms with E-state index in [1.54, 1.807) is 4.90 Å². The summed E-state index contributed by atoms with van der Waals surface area (Å²) in [7, 11) is 0. The van der Waals surface area contributed by atoms with Crippen molar-refractivity contribution < 1.29 is 22.8 Å². The van der Waals surface area contributed by atoms with Gasteiger partial charge in [0.05, 0.1) is 5.92 Å². The lowest BCUT2D eigenvalue weighted by Crippen LogP contribution is -2.43. The van der Waals surface area contributed by atoms with Crippen molar-refractivity contribution in [3.05, 3.63) is 11.1 Å². The molecule has 23 heavy (non-hydrogen) atoms. The van der Waals surface area contributed by atoms with Gasteiger partial charge in [0.25, 0.3) is 0 Å². The summed E-state index contributed by atoms with van der Waals surface area (Å²) in [6.45, 7) is 2.84. The lowest BCUT2D eigenvalue weighted by molar-refractivity contribution is -0.141. The largest absolute Gasteiger partial charge is 0.434 e. The van der Waals surface area contributed by atoms with E-state index in [2.05, 4.69) is 10.3 Å². The van der Waals surface area contributed by atoms with Gasteiger partial charge in [-0.25, -0.2) is 4.98 Å². The maximum atomic E-state index is 12.5. The van der Waals surface area contributed by atoms with Crippen LogP contribution in [-0.2, 0) is 15.8 Å². The predicted molar refractivity (Wildman–Crippen MR) is 80.0 cm³/mol. The van der Waals surface area contributed by atoms with Gasteiger partial charge in [0.15, 0.2) is 10.8 Å². The summed E-state index contributed by atoms with van der Waals surface area (Å²) in [4.78, 5) is 29.1. The highest BCUT2D eigenvalue weighted by Gasteiger charge is 2.34. The number of nitrogens with zero attached hydrogens (tertiary/aromatic N) is 2. The van der Waals surface area contributed by atoms with E-state index in [0.717, 1.165) is 23.1 Å². The second kappa shape index (κ2) is 7.29. The Labute approximate surface area is 135 Å². The molecule has 2 amide bonds. The number of hydrogen-bond donors (Lipinski definition) is 1. The standard InChI is InChI=1S/C14H18F3N3O2S/c1-2-4-11(21)20-6-3-5-9(7-20)12(22)19-13-18-10(8-23-13)14(15,16)17/h8-9H,2-7H2,1H3,(H,18,19,22)/t9-/m0/s1. The van der Waals surface area contributed by atoms with E-state index < -0.39 is 17.8 Å². The van der Waals surface area contributed by atoms with Gasteiger partial charge in [-0.1, -0.05) is 6.92 Å². The fraction of sp³-hybridized carbons (Fsp3) is 0.643. The van der Waals surface area contributed by atoms with Gasteiger partial charge < -0.3 is 10.2 Å². The minimum Gasteiger partial charge on any atom is -0.342 e. The number of carbonyl (C=O) groups excluding carboxylic acids is 2. The Morgan fingerprint density at radius 3 is 2.83 bits per heavy atom. The van der Waals surface area contributed by atoms with Gasteiger partial charge in [0, 0.05) is 24.9 Å². The molecule has 1 fully saturated rings. The number of hydrogen-bond acceptors (Lipinski definition) is 4. The molecule has 0 saturated carbocycles. The summed E-state index contributed by atoms with van der Waals surface area (Å²) in [6, 6.07) is 0. The summed E-state index contributed by atoms with van der Waals surface area (Å²) in [6.07, 6.45) is -2.02. The summed E-state index contributed by atoms with van der Waals surface area (Å²) in [5.41, 5.74) is -1.01. The first-order chi connectivity index (χ1) is 10.8. The molecular formula is C14H18F3N3O2S. The van der Waals surface area contributed by atoms with Crippen molar-refractivity contribution in [3.63, 3.8) is 0 Å². The molecule has 5 nitrogen and oxygen atoms in total. The summed E-state index contributed by atoms with van der Waals surface area (Å²) in [5, 5.41) is 3.22. The molecule has 9 heteroatoms. The van der Waals surface area contributed by atoms with E-state index in [4.69, 9.17) is 0 Å². The maximum Gasteiger partial charge on any atom is 0.434 e. The molecule has 1 aliphatic heterocycles. The first kappa shape index (κ1) is 17.7. The zero-order valence-corrected chi connectivity index (χ0v) is 13.5. The molecule has 2 heterocycles. The van der Waals surface area contributed by atoms with Crippen molar-refractivity contribution in [2.45, 2.75) is 38.8 Å². The minimum absolute atomic E-state index is 0.0126. The van der Waals surface area contributed by atoms with E-state index in [0.29, 0.717) is 32.4 Å². The SMILES string of the molecule is CCCC(=O)N1CCC[C@H](C(=O)Nc2nc(C(F)(F)F)cs2)C1. The molecule has 1 aliphatic rings. The molecule has 1 saturated heterocycles. The molecule has 1 aromatic rings. The first-order valence-electron chi connectivity index (χ1n) is 7.42. The lowest BCUT2D eigenvalue weighted by atomic mass is 9.97. The average Bonchev–Trinajstić information content (AvgIpc) is 2.96. The monoisotopic (exact) mass is 349 g/mol. The van der Waals surface area contributed by atoms with Gasteiger partial charge in [-0.15, -0.1) is 11.3 Å². The highest BCUT2D eigenvalue weighted by atomic mass is 32.1. The van der Waals surface area contributed by atoms with Crippen LogP contribution in [0.2, 0.25) is 0 Å². The van der Waals surface area contributed by atoms with Gasteiger partial charge in [-0.2, -0.15) is 13.2 Å². The summed E-state index contributed by atoms with van der Waals surface area (Å²) >= 11 is 0.740. The van der Waals surface area contributed by atoms with Crippen LogP contribution in [0.25, 0.3) is 0 Å². The number of amides is 2.